The Morgan fingerprint density at radius 3 is 2.02 bits per heavy atom. The molecule has 5 unspecified atom stereocenters. The number of ether oxygens (including phenoxy) is 3. The number of benzene rings is 4. The summed E-state index contributed by atoms with van der Waals surface area (Å²) in [5.41, 5.74) is 6.34. The Morgan fingerprint density at radius 1 is 0.719 bits per heavy atom. The third-order valence-electron chi connectivity index (χ3n) is 12.7. The van der Waals surface area contributed by atoms with Crippen molar-refractivity contribution >= 4 is 17.9 Å². The van der Waals surface area contributed by atoms with Crippen LogP contribution in [0.1, 0.15) is 144 Å². The lowest BCUT2D eigenvalue weighted by atomic mass is 9.89. The number of likely N-dealkylation sites (tertiary alicyclic amines) is 1. The Kier molecular flexibility index (Phi) is 19.4. The van der Waals surface area contributed by atoms with Gasteiger partial charge >= 0.3 is 6.09 Å². The Labute approximate surface area is 381 Å². The predicted molar refractivity (Wildman–Crippen MR) is 252 cm³/mol. The summed E-state index contributed by atoms with van der Waals surface area (Å²) in [5, 5.41) is 12.4. The highest BCUT2D eigenvalue weighted by Gasteiger charge is 2.41. The molecular weight excluding hydrogens is 803 g/mol. The van der Waals surface area contributed by atoms with Gasteiger partial charge in [0.15, 0.2) is 6.29 Å². The SMILES string of the molecule is CCCCCCCCN(CCCCCCCC)CC1OC(c2cccc(-c3cccc(CN4C(=O)CC(NC(=O)OCc5ccccc5)C4=O)c3)c2)OC(c2ccc(CO)cc2)C1C. The Morgan fingerprint density at radius 2 is 1.34 bits per heavy atom. The monoisotopic (exact) mass is 874 g/mol. The highest BCUT2D eigenvalue weighted by Crippen LogP contribution is 2.42. The summed E-state index contributed by atoms with van der Waals surface area (Å²) in [6, 6.07) is 32.5. The number of amides is 3. The molecule has 2 heterocycles. The lowest BCUT2D eigenvalue weighted by molar-refractivity contribution is -0.276. The van der Waals surface area contributed by atoms with Crippen LogP contribution in [0.2, 0.25) is 0 Å². The number of carbonyl (C=O) groups is 3. The fourth-order valence-corrected chi connectivity index (χ4v) is 8.87. The van der Waals surface area contributed by atoms with E-state index in [0.29, 0.717) is 0 Å². The van der Waals surface area contributed by atoms with Crippen molar-refractivity contribution in [3.63, 3.8) is 0 Å². The lowest BCUT2D eigenvalue weighted by Crippen LogP contribution is -2.45. The first kappa shape index (κ1) is 48.6. The summed E-state index contributed by atoms with van der Waals surface area (Å²) in [5.74, 6) is -0.722. The third kappa shape index (κ3) is 14.3. The van der Waals surface area contributed by atoms with E-state index in [0.717, 1.165) is 58.6 Å². The van der Waals surface area contributed by atoms with E-state index in [2.05, 4.69) is 55.3 Å². The zero-order valence-corrected chi connectivity index (χ0v) is 38.4. The van der Waals surface area contributed by atoms with Crippen LogP contribution in [0.25, 0.3) is 11.1 Å². The van der Waals surface area contributed by atoms with E-state index >= 15 is 0 Å². The van der Waals surface area contributed by atoms with E-state index in [1.54, 1.807) is 0 Å². The normalized spacial score (nSPS) is 20.0. The minimum atomic E-state index is -0.979. The minimum absolute atomic E-state index is 0.00998. The first-order valence-corrected chi connectivity index (χ1v) is 24.0. The zero-order valence-electron chi connectivity index (χ0n) is 38.4. The molecule has 2 N–H and O–H groups in total. The number of imide groups is 1. The molecule has 344 valence electrons. The van der Waals surface area contributed by atoms with Gasteiger partial charge in [-0.05, 0) is 71.4 Å². The van der Waals surface area contributed by atoms with Gasteiger partial charge in [-0.2, -0.15) is 0 Å². The maximum absolute atomic E-state index is 13.4. The van der Waals surface area contributed by atoms with Gasteiger partial charge in [-0.25, -0.2) is 4.79 Å². The zero-order chi connectivity index (χ0) is 45.1. The quantitative estimate of drug-likeness (QED) is 0.0499. The molecule has 0 saturated carbocycles. The third-order valence-corrected chi connectivity index (χ3v) is 12.7. The average molecular weight is 874 g/mol. The highest BCUT2D eigenvalue weighted by molar-refractivity contribution is 6.06. The van der Waals surface area contributed by atoms with Crippen LogP contribution >= 0.6 is 0 Å². The summed E-state index contributed by atoms with van der Waals surface area (Å²) in [6.45, 7) is 9.87. The summed E-state index contributed by atoms with van der Waals surface area (Å²) < 4.78 is 19.2. The Hall–Kier alpha value is -4.87. The van der Waals surface area contributed by atoms with Gasteiger partial charge in [-0.1, -0.05) is 176 Å². The summed E-state index contributed by atoms with van der Waals surface area (Å²) in [7, 11) is 0. The molecule has 2 saturated heterocycles. The number of nitrogens with zero attached hydrogens (tertiary/aromatic N) is 2. The van der Waals surface area contributed by atoms with Gasteiger partial charge in [-0.15, -0.1) is 0 Å². The summed E-state index contributed by atoms with van der Waals surface area (Å²) in [4.78, 5) is 42.8. The van der Waals surface area contributed by atoms with Crippen molar-refractivity contribution in [2.24, 2.45) is 5.92 Å². The number of alkyl carbamates (subject to hydrolysis) is 1. The van der Waals surface area contributed by atoms with Crippen LogP contribution in [0.5, 0.6) is 0 Å². The second-order valence-electron chi connectivity index (χ2n) is 17.8. The predicted octanol–water partition coefficient (Wildman–Crippen LogP) is 11.2. The molecule has 3 amide bonds. The van der Waals surface area contributed by atoms with E-state index in [4.69, 9.17) is 14.2 Å². The standard InChI is InChI=1S/C54H71N3O7/c1-4-6-8-10-12-17-31-56(32-18-13-11-9-7-5-2)37-49-40(3)51(44-29-27-41(38-58)28-30-44)64-53(63-49)47-26-20-25-46(34-47)45-24-19-23-43(33-45)36-57-50(59)35-48(52(57)60)55-54(61)62-39-42-21-15-14-16-22-42/h14-16,19-30,33-34,40,48-49,51,53,58H,4-13,17-18,31-32,35-39H2,1-3H3,(H,55,61). The molecule has 0 spiro atoms. The van der Waals surface area contributed by atoms with E-state index in [1.807, 2.05) is 78.9 Å². The second-order valence-corrected chi connectivity index (χ2v) is 17.8. The largest absolute Gasteiger partial charge is 0.445 e. The molecule has 2 aliphatic rings. The van der Waals surface area contributed by atoms with Crippen molar-refractivity contribution in [1.82, 2.24) is 15.1 Å². The number of nitrogens with one attached hydrogen (secondary N) is 1. The van der Waals surface area contributed by atoms with Gasteiger partial charge in [-0.3, -0.25) is 14.5 Å². The van der Waals surface area contributed by atoms with E-state index in [9.17, 15) is 19.5 Å². The van der Waals surface area contributed by atoms with Gasteiger partial charge < -0.3 is 29.5 Å². The molecule has 0 bridgehead atoms. The van der Waals surface area contributed by atoms with Crippen molar-refractivity contribution in [3.8, 4) is 11.1 Å². The smallest absolute Gasteiger partial charge is 0.408 e. The van der Waals surface area contributed by atoms with E-state index in [1.165, 1.54) is 81.9 Å². The molecule has 2 aliphatic heterocycles. The topological polar surface area (TPSA) is 118 Å². The van der Waals surface area contributed by atoms with Crippen LogP contribution in [0.4, 0.5) is 4.79 Å². The number of hydrogen-bond donors (Lipinski definition) is 2. The van der Waals surface area contributed by atoms with Crippen LogP contribution in [-0.4, -0.2) is 64.6 Å². The maximum Gasteiger partial charge on any atom is 0.408 e. The van der Waals surface area contributed by atoms with E-state index in [-0.39, 0.29) is 50.2 Å². The lowest BCUT2D eigenvalue weighted by Gasteiger charge is -2.43. The average Bonchev–Trinajstić information content (AvgIpc) is 3.58. The molecule has 4 aromatic rings. The van der Waals surface area contributed by atoms with Crippen LogP contribution in [0.15, 0.2) is 103 Å². The number of rotatable bonds is 25. The molecule has 10 nitrogen and oxygen atoms in total. The fraction of sp³-hybridized carbons (Fsp3) is 0.500. The first-order valence-electron chi connectivity index (χ1n) is 24.0. The molecule has 5 atom stereocenters. The molecule has 10 heteroatoms. The number of carbonyl (C=O) groups excluding carboxylic acids is 3. The number of aliphatic hydroxyl groups excluding tert-OH is 1. The number of unbranched alkanes of at least 4 members (excludes halogenated alkanes) is 10. The molecule has 6 rings (SSSR count). The van der Waals surface area contributed by atoms with Crippen molar-refractivity contribution < 1.29 is 33.7 Å². The highest BCUT2D eigenvalue weighted by atomic mass is 16.7. The Balaban J connectivity index is 1.15. The number of hydrogen-bond acceptors (Lipinski definition) is 8. The van der Waals surface area contributed by atoms with Gasteiger partial charge in [0, 0.05) is 18.0 Å². The van der Waals surface area contributed by atoms with Gasteiger partial charge in [0.05, 0.1) is 31.8 Å². The minimum Gasteiger partial charge on any atom is -0.445 e. The van der Waals surface area contributed by atoms with Crippen molar-refractivity contribution in [2.45, 2.75) is 149 Å². The molecule has 2 fully saturated rings. The molecule has 0 aromatic heterocycles. The van der Waals surface area contributed by atoms with Crippen LogP contribution in [0.3, 0.4) is 0 Å². The molecule has 64 heavy (non-hydrogen) atoms. The van der Waals surface area contributed by atoms with Crippen molar-refractivity contribution in [2.75, 3.05) is 19.6 Å². The van der Waals surface area contributed by atoms with Crippen LogP contribution < -0.4 is 5.32 Å². The molecule has 0 aliphatic carbocycles. The Bertz CT molecular complexity index is 2030. The van der Waals surface area contributed by atoms with Gasteiger partial charge in [0.1, 0.15) is 12.6 Å². The molecular formula is C54H71N3O7. The molecule has 4 aromatic carbocycles. The molecule has 0 radical (unpaired) electrons. The fourth-order valence-electron chi connectivity index (χ4n) is 8.87. The van der Waals surface area contributed by atoms with Crippen LogP contribution in [-0.2, 0) is 43.6 Å². The summed E-state index contributed by atoms with van der Waals surface area (Å²) in [6.07, 6.45) is 13.4. The van der Waals surface area contributed by atoms with E-state index < -0.39 is 24.3 Å². The summed E-state index contributed by atoms with van der Waals surface area (Å²) >= 11 is 0. The second kappa shape index (κ2) is 25.6. The van der Waals surface area contributed by atoms with Crippen LogP contribution in [0, 0.1) is 5.92 Å². The first-order chi connectivity index (χ1) is 31.3. The van der Waals surface area contributed by atoms with Crippen molar-refractivity contribution in [1.29, 1.82) is 0 Å². The maximum atomic E-state index is 13.4. The van der Waals surface area contributed by atoms with Gasteiger partial charge in [0.2, 0.25) is 5.91 Å². The van der Waals surface area contributed by atoms with Gasteiger partial charge in [0.25, 0.3) is 5.91 Å². The number of aliphatic hydroxyl groups is 1. The van der Waals surface area contributed by atoms with Crippen molar-refractivity contribution in [3.05, 3.63) is 131 Å².